The smallest absolute Gasteiger partial charge is 0.328 e. The van der Waals surface area contributed by atoms with Gasteiger partial charge in [-0.2, -0.15) is 0 Å². The van der Waals surface area contributed by atoms with Gasteiger partial charge in [0.05, 0.1) is 12.9 Å². The second-order valence-corrected chi connectivity index (χ2v) is 4.06. The van der Waals surface area contributed by atoms with Crippen LogP contribution in [0, 0.1) is 5.82 Å². The average Bonchev–Trinajstić information content (AvgIpc) is 2.41. The maximum absolute atomic E-state index is 13.2. The third kappa shape index (κ3) is 3.38. The fourth-order valence-electron chi connectivity index (χ4n) is 1.71. The van der Waals surface area contributed by atoms with Crippen molar-refractivity contribution in [1.29, 1.82) is 0 Å². The zero-order chi connectivity index (χ0) is 14.5. The van der Waals surface area contributed by atoms with Crippen LogP contribution in [-0.4, -0.2) is 20.6 Å². The van der Waals surface area contributed by atoms with E-state index in [1.54, 1.807) is 0 Å². The lowest BCUT2D eigenvalue weighted by atomic mass is 10.1. The molecule has 0 unspecified atom stereocenters. The van der Waals surface area contributed by atoms with E-state index in [-0.39, 0.29) is 12.1 Å². The van der Waals surface area contributed by atoms with E-state index < -0.39 is 11.8 Å². The van der Waals surface area contributed by atoms with Gasteiger partial charge in [-0.1, -0.05) is 6.07 Å². The molecular weight excluding hydrogens is 263 g/mol. The van der Waals surface area contributed by atoms with Crippen molar-refractivity contribution in [2.75, 3.05) is 0 Å². The Bertz CT molecular complexity index is 722. The molecule has 6 heteroatoms. The lowest BCUT2D eigenvalue weighted by Crippen LogP contribution is -2.19. The second-order valence-electron chi connectivity index (χ2n) is 4.06. The summed E-state index contributed by atoms with van der Waals surface area (Å²) in [5.74, 6) is -1.60. The predicted molar refractivity (Wildman–Crippen MR) is 70.7 cm³/mol. The van der Waals surface area contributed by atoms with Crippen LogP contribution in [0.1, 0.15) is 11.1 Å². The molecule has 0 saturated carbocycles. The number of aliphatic carboxylic acids is 1. The Morgan fingerprint density at radius 2 is 2.20 bits per heavy atom. The molecule has 0 radical (unpaired) electrons. The van der Waals surface area contributed by atoms with Crippen LogP contribution in [0.2, 0.25) is 0 Å². The predicted octanol–water partition coefficient (Wildman–Crippen LogP) is 1.53. The van der Waals surface area contributed by atoms with Gasteiger partial charge in [-0.3, -0.25) is 9.36 Å². The highest BCUT2D eigenvalue weighted by molar-refractivity contribution is 5.85. The number of carboxylic acids is 1. The first kappa shape index (κ1) is 13.7. The summed E-state index contributed by atoms with van der Waals surface area (Å²) in [5.41, 5.74) is 0.791. The van der Waals surface area contributed by atoms with Crippen LogP contribution >= 0.6 is 0 Å². The number of carboxylic acid groups (broad SMARTS) is 1. The molecule has 0 aliphatic rings. The summed E-state index contributed by atoms with van der Waals surface area (Å²) in [6.45, 7) is 0.187. The summed E-state index contributed by atoms with van der Waals surface area (Å²) < 4.78 is 14.6. The third-order valence-corrected chi connectivity index (χ3v) is 2.65. The van der Waals surface area contributed by atoms with Crippen molar-refractivity contribution in [3.05, 3.63) is 70.2 Å². The lowest BCUT2D eigenvalue weighted by molar-refractivity contribution is -0.131. The SMILES string of the molecule is O=C(O)C=Cc1cc(F)ccc1Cn1cnccc1=O. The fourth-order valence-corrected chi connectivity index (χ4v) is 1.71. The van der Waals surface area contributed by atoms with Gasteiger partial charge in [0, 0.05) is 18.3 Å². The van der Waals surface area contributed by atoms with Gasteiger partial charge in [0.1, 0.15) is 5.82 Å². The molecule has 2 aromatic rings. The van der Waals surface area contributed by atoms with E-state index in [9.17, 15) is 14.0 Å². The van der Waals surface area contributed by atoms with Gasteiger partial charge in [-0.15, -0.1) is 0 Å². The number of rotatable bonds is 4. The highest BCUT2D eigenvalue weighted by Crippen LogP contribution is 2.14. The molecule has 0 aliphatic carbocycles. The first-order chi connectivity index (χ1) is 9.56. The number of benzene rings is 1. The van der Waals surface area contributed by atoms with Crippen molar-refractivity contribution in [3.8, 4) is 0 Å². The molecular formula is C14H11FN2O3. The fraction of sp³-hybridized carbons (Fsp3) is 0.0714. The molecule has 0 amide bonds. The molecule has 0 atom stereocenters. The van der Waals surface area contributed by atoms with Crippen molar-refractivity contribution in [2.45, 2.75) is 6.54 Å². The quantitative estimate of drug-likeness (QED) is 0.858. The Morgan fingerprint density at radius 3 is 2.90 bits per heavy atom. The minimum atomic E-state index is -1.13. The molecule has 1 aromatic carbocycles. The second kappa shape index (κ2) is 5.92. The van der Waals surface area contributed by atoms with Crippen LogP contribution in [-0.2, 0) is 11.3 Å². The molecule has 5 nitrogen and oxygen atoms in total. The normalized spacial score (nSPS) is 10.8. The summed E-state index contributed by atoms with van der Waals surface area (Å²) in [5, 5.41) is 8.62. The van der Waals surface area contributed by atoms with Crippen LogP contribution in [0.15, 0.2) is 47.7 Å². The molecule has 2 rings (SSSR count). The van der Waals surface area contributed by atoms with E-state index in [1.807, 2.05) is 0 Å². The van der Waals surface area contributed by atoms with E-state index in [1.165, 1.54) is 47.4 Å². The van der Waals surface area contributed by atoms with Gasteiger partial charge >= 0.3 is 5.97 Å². The summed E-state index contributed by atoms with van der Waals surface area (Å²) in [7, 11) is 0. The Kier molecular flexibility index (Phi) is 4.05. The largest absolute Gasteiger partial charge is 0.478 e. The van der Waals surface area contributed by atoms with Crippen molar-refractivity contribution < 1.29 is 14.3 Å². The summed E-state index contributed by atoms with van der Waals surface area (Å²) >= 11 is 0. The number of carbonyl (C=O) groups is 1. The Hall–Kier alpha value is -2.76. The molecule has 0 aliphatic heterocycles. The number of hydrogen-bond donors (Lipinski definition) is 1. The first-order valence-electron chi connectivity index (χ1n) is 5.76. The van der Waals surface area contributed by atoms with Crippen LogP contribution in [0.4, 0.5) is 4.39 Å². The van der Waals surface area contributed by atoms with Crippen LogP contribution in [0.25, 0.3) is 6.08 Å². The number of hydrogen-bond acceptors (Lipinski definition) is 3. The molecule has 1 aromatic heterocycles. The molecule has 0 fully saturated rings. The van der Waals surface area contributed by atoms with Gasteiger partial charge in [0.25, 0.3) is 5.56 Å². The summed E-state index contributed by atoms with van der Waals surface area (Å²) in [6.07, 6.45) is 4.97. The molecule has 102 valence electrons. The number of aromatic nitrogens is 2. The van der Waals surface area contributed by atoms with E-state index >= 15 is 0 Å². The highest BCUT2D eigenvalue weighted by Gasteiger charge is 2.04. The number of halogens is 1. The topological polar surface area (TPSA) is 72.2 Å². The standard InChI is InChI=1S/C14H11FN2O3/c15-12-3-1-11(10(7-12)2-4-14(19)20)8-17-9-16-6-5-13(17)18/h1-7,9H,8H2,(H,19,20). The molecule has 1 N–H and O–H groups in total. The molecule has 0 saturated heterocycles. The summed E-state index contributed by atoms with van der Waals surface area (Å²) in [4.78, 5) is 26.0. The van der Waals surface area contributed by atoms with E-state index in [4.69, 9.17) is 5.11 Å². The zero-order valence-corrected chi connectivity index (χ0v) is 10.4. The van der Waals surface area contributed by atoms with Gasteiger partial charge < -0.3 is 5.11 Å². The van der Waals surface area contributed by atoms with E-state index in [0.29, 0.717) is 11.1 Å². The van der Waals surface area contributed by atoms with Crippen molar-refractivity contribution in [1.82, 2.24) is 9.55 Å². The molecule has 1 heterocycles. The minimum absolute atomic E-state index is 0.187. The maximum atomic E-state index is 13.2. The lowest BCUT2D eigenvalue weighted by Gasteiger charge is -2.08. The molecule has 0 bridgehead atoms. The third-order valence-electron chi connectivity index (χ3n) is 2.65. The van der Waals surface area contributed by atoms with Crippen LogP contribution in [0.5, 0.6) is 0 Å². The Balaban J connectivity index is 2.39. The van der Waals surface area contributed by atoms with Gasteiger partial charge in [-0.25, -0.2) is 14.2 Å². The first-order valence-corrected chi connectivity index (χ1v) is 5.76. The van der Waals surface area contributed by atoms with E-state index in [0.717, 1.165) is 6.08 Å². The van der Waals surface area contributed by atoms with E-state index in [2.05, 4.69) is 4.98 Å². The van der Waals surface area contributed by atoms with Gasteiger partial charge in [0.15, 0.2) is 0 Å². The number of nitrogens with zero attached hydrogens (tertiary/aromatic N) is 2. The highest BCUT2D eigenvalue weighted by atomic mass is 19.1. The van der Waals surface area contributed by atoms with Crippen molar-refractivity contribution in [3.63, 3.8) is 0 Å². The van der Waals surface area contributed by atoms with Crippen molar-refractivity contribution in [2.24, 2.45) is 0 Å². The van der Waals surface area contributed by atoms with Gasteiger partial charge in [0.2, 0.25) is 0 Å². The molecule has 0 spiro atoms. The average molecular weight is 274 g/mol. The zero-order valence-electron chi connectivity index (χ0n) is 10.4. The summed E-state index contributed by atoms with van der Waals surface area (Å²) in [6, 6.07) is 5.30. The maximum Gasteiger partial charge on any atom is 0.328 e. The minimum Gasteiger partial charge on any atom is -0.478 e. The van der Waals surface area contributed by atoms with Crippen LogP contribution in [0.3, 0.4) is 0 Å². The van der Waals surface area contributed by atoms with Crippen LogP contribution < -0.4 is 5.56 Å². The van der Waals surface area contributed by atoms with Crippen molar-refractivity contribution >= 4 is 12.0 Å². The Morgan fingerprint density at radius 1 is 1.40 bits per heavy atom. The Labute approximate surface area is 113 Å². The molecule has 20 heavy (non-hydrogen) atoms. The monoisotopic (exact) mass is 274 g/mol. The van der Waals surface area contributed by atoms with Gasteiger partial charge in [-0.05, 0) is 29.3 Å².